The average Bonchev–Trinajstić information content (AvgIpc) is 3.38. The van der Waals surface area contributed by atoms with Crippen molar-refractivity contribution in [1.29, 1.82) is 0 Å². The molecular weight excluding hydrogens is 398 g/mol. The lowest BCUT2D eigenvalue weighted by atomic mass is 10.0. The zero-order valence-corrected chi connectivity index (χ0v) is 16.5. The molecule has 0 bridgehead atoms. The minimum absolute atomic E-state index is 0.256. The first-order chi connectivity index (χ1) is 15.1. The fourth-order valence-corrected chi connectivity index (χ4v) is 3.54. The second kappa shape index (κ2) is 7.60. The molecule has 2 aromatic heterocycles. The van der Waals surface area contributed by atoms with Crippen LogP contribution in [0, 0.1) is 18.6 Å². The predicted molar refractivity (Wildman–Crippen MR) is 112 cm³/mol. The molecule has 5 nitrogen and oxygen atoms in total. The van der Waals surface area contributed by atoms with Crippen molar-refractivity contribution in [2.24, 2.45) is 0 Å². The third-order valence-electron chi connectivity index (χ3n) is 5.07. The van der Waals surface area contributed by atoms with Crippen molar-refractivity contribution in [3.8, 4) is 39.7 Å². The fraction of sp³-hybridized carbons (Fsp3) is 0.0417. The Labute approximate surface area is 176 Å². The molecule has 0 aliphatic heterocycles. The molecule has 0 saturated heterocycles. The van der Waals surface area contributed by atoms with Gasteiger partial charge in [0.25, 0.3) is 0 Å². The van der Waals surface area contributed by atoms with Gasteiger partial charge in [-0.1, -0.05) is 65.0 Å². The van der Waals surface area contributed by atoms with Gasteiger partial charge in [0.15, 0.2) is 11.5 Å². The fourth-order valence-electron chi connectivity index (χ4n) is 3.54. The van der Waals surface area contributed by atoms with Crippen LogP contribution in [-0.2, 0) is 0 Å². The highest BCUT2D eigenvalue weighted by Crippen LogP contribution is 2.37. The van der Waals surface area contributed by atoms with E-state index in [-0.39, 0.29) is 5.69 Å². The van der Waals surface area contributed by atoms with E-state index in [0.29, 0.717) is 34.0 Å². The number of para-hydroxylation sites is 1. The molecule has 2 heterocycles. The van der Waals surface area contributed by atoms with Gasteiger partial charge in [-0.15, -0.1) is 5.10 Å². The van der Waals surface area contributed by atoms with Crippen molar-refractivity contribution in [3.63, 3.8) is 0 Å². The van der Waals surface area contributed by atoms with Crippen molar-refractivity contribution < 1.29 is 13.3 Å². The lowest BCUT2D eigenvalue weighted by Crippen LogP contribution is -2.02. The van der Waals surface area contributed by atoms with Crippen molar-refractivity contribution in [2.75, 3.05) is 0 Å². The molecule has 7 heteroatoms. The first-order valence-corrected chi connectivity index (χ1v) is 9.62. The minimum Gasteiger partial charge on any atom is -0.354 e. The van der Waals surface area contributed by atoms with Crippen LogP contribution in [-0.4, -0.2) is 20.2 Å². The van der Waals surface area contributed by atoms with Crippen LogP contribution in [0.25, 0.3) is 39.7 Å². The Balaban J connectivity index is 1.73. The van der Waals surface area contributed by atoms with Crippen LogP contribution in [0.15, 0.2) is 83.4 Å². The van der Waals surface area contributed by atoms with Crippen LogP contribution < -0.4 is 0 Å². The highest BCUT2D eigenvalue weighted by Gasteiger charge is 2.26. The van der Waals surface area contributed by atoms with E-state index in [2.05, 4.69) is 15.5 Å². The molecule has 152 valence electrons. The Morgan fingerprint density at radius 3 is 2.19 bits per heavy atom. The van der Waals surface area contributed by atoms with Crippen LogP contribution in [0.2, 0.25) is 0 Å². The molecule has 0 amide bonds. The second-order valence-corrected chi connectivity index (χ2v) is 6.98. The van der Waals surface area contributed by atoms with E-state index in [1.807, 2.05) is 30.3 Å². The van der Waals surface area contributed by atoms with Gasteiger partial charge in [0.05, 0.1) is 0 Å². The molecule has 0 unspecified atom stereocenters. The summed E-state index contributed by atoms with van der Waals surface area (Å²) >= 11 is 0. The summed E-state index contributed by atoms with van der Waals surface area (Å²) in [5, 5.41) is 12.6. The maximum absolute atomic E-state index is 14.6. The first kappa shape index (κ1) is 18.9. The maximum atomic E-state index is 14.6. The number of rotatable bonds is 4. The van der Waals surface area contributed by atoms with Gasteiger partial charge in [0.1, 0.15) is 28.7 Å². The van der Waals surface area contributed by atoms with Gasteiger partial charge >= 0.3 is 0 Å². The van der Waals surface area contributed by atoms with Crippen molar-refractivity contribution >= 4 is 0 Å². The normalized spacial score (nSPS) is 11.1. The molecule has 0 saturated carbocycles. The predicted octanol–water partition coefficient (Wildman–Crippen LogP) is 5.84. The summed E-state index contributed by atoms with van der Waals surface area (Å²) in [7, 11) is 0. The molecule has 3 aromatic carbocycles. The summed E-state index contributed by atoms with van der Waals surface area (Å²) < 4.78 is 35.9. The van der Waals surface area contributed by atoms with Crippen LogP contribution in [0.4, 0.5) is 8.78 Å². The summed E-state index contributed by atoms with van der Waals surface area (Å²) in [5.41, 5.74) is 3.29. The monoisotopic (exact) mass is 414 g/mol. The topological polar surface area (TPSA) is 56.7 Å². The number of hydrogen-bond donors (Lipinski definition) is 0. The number of aromatic nitrogens is 4. The Morgan fingerprint density at radius 2 is 1.45 bits per heavy atom. The molecule has 5 rings (SSSR count). The van der Waals surface area contributed by atoms with Crippen molar-refractivity contribution in [2.45, 2.75) is 6.92 Å². The zero-order chi connectivity index (χ0) is 21.4. The third kappa shape index (κ3) is 3.20. The average molecular weight is 414 g/mol. The van der Waals surface area contributed by atoms with E-state index in [9.17, 15) is 8.78 Å². The standard InChI is InChI=1S/C24H16F2N4O/c1-15-21(17-11-5-6-12-18(17)25)28-31-24(15)22-23(16-9-3-2-4-10-16)30(29-27-22)20-14-8-7-13-19(20)26/h2-14H,1H3. The summed E-state index contributed by atoms with van der Waals surface area (Å²) in [5.74, 6) is -0.485. The van der Waals surface area contributed by atoms with E-state index < -0.39 is 11.6 Å². The van der Waals surface area contributed by atoms with Crippen molar-refractivity contribution in [1.82, 2.24) is 20.2 Å². The third-order valence-corrected chi connectivity index (χ3v) is 5.07. The van der Waals surface area contributed by atoms with Crippen LogP contribution in [0.5, 0.6) is 0 Å². The van der Waals surface area contributed by atoms with Gasteiger partial charge in [0, 0.05) is 16.7 Å². The Kier molecular flexibility index (Phi) is 4.63. The smallest absolute Gasteiger partial charge is 0.192 e. The molecule has 0 spiro atoms. The van der Waals surface area contributed by atoms with Gasteiger partial charge in [-0.25, -0.2) is 13.5 Å². The Bertz CT molecular complexity index is 1380. The molecule has 31 heavy (non-hydrogen) atoms. The van der Waals surface area contributed by atoms with E-state index in [1.165, 1.54) is 16.8 Å². The largest absolute Gasteiger partial charge is 0.354 e. The first-order valence-electron chi connectivity index (χ1n) is 9.62. The number of benzene rings is 3. The van der Waals surface area contributed by atoms with Gasteiger partial charge in [-0.05, 0) is 31.2 Å². The lowest BCUT2D eigenvalue weighted by Gasteiger charge is -2.08. The summed E-state index contributed by atoms with van der Waals surface area (Å²) in [6.07, 6.45) is 0. The molecule has 0 fully saturated rings. The SMILES string of the molecule is Cc1c(-c2ccccc2F)noc1-c1nnn(-c2ccccc2F)c1-c1ccccc1. The van der Waals surface area contributed by atoms with E-state index in [1.54, 1.807) is 43.3 Å². The van der Waals surface area contributed by atoms with Gasteiger partial charge in [-0.2, -0.15) is 0 Å². The summed E-state index contributed by atoms with van der Waals surface area (Å²) in [6, 6.07) is 22.1. The van der Waals surface area contributed by atoms with E-state index >= 15 is 0 Å². The van der Waals surface area contributed by atoms with E-state index in [0.717, 1.165) is 5.56 Å². The Morgan fingerprint density at radius 1 is 0.774 bits per heavy atom. The van der Waals surface area contributed by atoms with Gasteiger partial charge in [0.2, 0.25) is 0 Å². The molecule has 0 aliphatic carbocycles. The number of halogens is 2. The van der Waals surface area contributed by atoms with E-state index in [4.69, 9.17) is 4.52 Å². The van der Waals surface area contributed by atoms with Crippen LogP contribution in [0.3, 0.4) is 0 Å². The Hall–Kier alpha value is -4.13. The number of hydrogen-bond acceptors (Lipinski definition) is 4. The molecular formula is C24H16F2N4O. The second-order valence-electron chi connectivity index (χ2n) is 6.98. The molecule has 0 aliphatic rings. The summed E-state index contributed by atoms with van der Waals surface area (Å²) in [4.78, 5) is 0. The van der Waals surface area contributed by atoms with Crippen LogP contribution in [0.1, 0.15) is 5.56 Å². The maximum Gasteiger partial charge on any atom is 0.192 e. The molecule has 0 radical (unpaired) electrons. The van der Waals surface area contributed by atoms with Gasteiger partial charge < -0.3 is 4.52 Å². The van der Waals surface area contributed by atoms with Gasteiger partial charge in [-0.3, -0.25) is 0 Å². The molecule has 5 aromatic rings. The van der Waals surface area contributed by atoms with Crippen molar-refractivity contribution in [3.05, 3.63) is 96.1 Å². The van der Waals surface area contributed by atoms with Crippen LogP contribution >= 0.6 is 0 Å². The summed E-state index contributed by atoms with van der Waals surface area (Å²) in [6.45, 7) is 1.78. The minimum atomic E-state index is -0.433. The highest BCUT2D eigenvalue weighted by molar-refractivity contribution is 5.81. The number of nitrogens with zero attached hydrogens (tertiary/aromatic N) is 4. The molecule has 0 atom stereocenters. The molecule has 0 N–H and O–H groups in total. The lowest BCUT2D eigenvalue weighted by molar-refractivity contribution is 0.432. The zero-order valence-electron chi connectivity index (χ0n) is 16.5. The highest BCUT2D eigenvalue weighted by atomic mass is 19.1. The quantitative estimate of drug-likeness (QED) is 0.371.